The number of carbonyl (C=O) groups is 1. The smallest absolute Gasteiger partial charge is 0.311 e. The molecule has 3 nitrogen and oxygen atoms in total. The number of hydrogen-bond donors (Lipinski definition) is 1. The van der Waals surface area contributed by atoms with Gasteiger partial charge in [0.15, 0.2) is 0 Å². The molecule has 3 saturated carbocycles. The van der Waals surface area contributed by atoms with Crippen LogP contribution in [0.2, 0.25) is 0 Å². The Hall–Kier alpha value is -0.570. The molecule has 6 atom stereocenters. The maximum absolute atomic E-state index is 12.1. The Morgan fingerprint density at radius 1 is 1.44 bits per heavy atom. The molecule has 3 heteroatoms. The van der Waals surface area contributed by atoms with Crippen molar-refractivity contribution >= 4 is 5.97 Å². The van der Waals surface area contributed by atoms with Gasteiger partial charge in [-0.1, -0.05) is 20.8 Å². The molecule has 1 N–H and O–H groups in total. The van der Waals surface area contributed by atoms with Crippen LogP contribution in [0.1, 0.15) is 40.5 Å². The topological polar surface area (TPSA) is 46.5 Å². The van der Waals surface area contributed by atoms with Gasteiger partial charge < -0.3 is 9.84 Å². The van der Waals surface area contributed by atoms with Crippen molar-refractivity contribution in [1.29, 1.82) is 0 Å². The number of ether oxygens (including phenoxy) is 1. The van der Waals surface area contributed by atoms with Crippen molar-refractivity contribution < 1.29 is 14.6 Å². The van der Waals surface area contributed by atoms with Crippen molar-refractivity contribution in [2.24, 2.45) is 35.0 Å². The molecule has 0 saturated heterocycles. The van der Waals surface area contributed by atoms with Crippen LogP contribution in [0, 0.1) is 35.0 Å². The van der Waals surface area contributed by atoms with Gasteiger partial charge >= 0.3 is 5.97 Å². The maximum Gasteiger partial charge on any atom is 0.311 e. The Morgan fingerprint density at radius 3 is 2.56 bits per heavy atom. The fourth-order valence-electron chi connectivity index (χ4n) is 4.55. The molecule has 3 aliphatic carbocycles. The fraction of sp³-hybridized carbons (Fsp3) is 0.933. The van der Waals surface area contributed by atoms with E-state index >= 15 is 0 Å². The quantitative estimate of drug-likeness (QED) is 0.770. The van der Waals surface area contributed by atoms with E-state index in [0.29, 0.717) is 11.8 Å². The minimum atomic E-state index is -0.399. The van der Waals surface area contributed by atoms with Gasteiger partial charge in [0.25, 0.3) is 0 Å². The summed E-state index contributed by atoms with van der Waals surface area (Å²) >= 11 is 0. The van der Waals surface area contributed by atoms with Crippen LogP contribution in [0.25, 0.3) is 0 Å². The first-order valence-electron chi connectivity index (χ1n) is 7.09. The zero-order valence-corrected chi connectivity index (χ0v) is 12.1. The normalized spacial score (nSPS) is 47.4. The number of aliphatic hydroxyl groups excluding tert-OH is 1. The predicted octanol–water partition coefficient (Wildman–Crippen LogP) is 2.47. The summed E-state index contributed by atoms with van der Waals surface area (Å²) in [7, 11) is 1.47. The molecule has 3 rings (SSSR count). The Kier molecular flexibility index (Phi) is 3.48. The lowest BCUT2D eigenvalue weighted by atomic mass is 9.47. The lowest BCUT2D eigenvalue weighted by Crippen LogP contribution is -2.59. The van der Waals surface area contributed by atoms with Crippen LogP contribution >= 0.6 is 0 Å². The largest absolute Gasteiger partial charge is 0.469 e. The molecule has 0 spiro atoms. The maximum atomic E-state index is 12.1. The van der Waals surface area contributed by atoms with Gasteiger partial charge in [0.1, 0.15) is 0 Å². The summed E-state index contributed by atoms with van der Waals surface area (Å²) in [5.74, 6) is 1.70. The summed E-state index contributed by atoms with van der Waals surface area (Å²) in [6, 6.07) is 0. The molecule has 0 aromatic rings. The molecule has 0 amide bonds. The Bertz CT molecular complexity index is 339. The molecule has 18 heavy (non-hydrogen) atoms. The lowest BCUT2D eigenvalue weighted by molar-refractivity contribution is -0.188. The number of rotatable bonds is 2. The molecular weight excluding hydrogens is 228 g/mol. The van der Waals surface area contributed by atoms with Gasteiger partial charge in [0.2, 0.25) is 0 Å². The second-order valence-corrected chi connectivity index (χ2v) is 6.88. The molecule has 0 radical (unpaired) electrons. The van der Waals surface area contributed by atoms with Gasteiger partial charge in [0, 0.05) is 0 Å². The van der Waals surface area contributed by atoms with Crippen LogP contribution in [0.3, 0.4) is 0 Å². The summed E-state index contributed by atoms with van der Waals surface area (Å²) in [5.41, 5.74) is -0.399. The number of esters is 1. The minimum absolute atomic E-state index is 0.0987. The van der Waals surface area contributed by atoms with Crippen LogP contribution in [0.15, 0.2) is 0 Å². The van der Waals surface area contributed by atoms with Crippen LogP contribution < -0.4 is 0 Å². The van der Waals surface area contributed by atoms with Gasteiger partial charge in [-0.2, -0.15) is 0 Å². The van der Waals surface area contributed by atoms with Crippen LogP contribution in [0.4, 0.5) is 0 Å². The third-order valence-electron chi connectivity index (χ3n) is 5.67. The van der Waals surface area contributed by atoms with E-state index in [1.165, 1.54) is 7.11 Å². The number of methoxy groups -OCH3 is 1. The predicted molar refractivity (Wildman–Crippen MR) is 69.8 cm³/mol. The van der Waals surface area contributed by atoms with Crippen molar-refractivity contribution in [3.05, 3.63) is 0 Å². The van der Waals surface area contributed by atoms with Gasteiger partial charge in [-0.3, -0.25) is 4.79 Å². The number of carbonyl (C=O) groups excluding carboxylic acids is 1. The first-order valence-corrected chi connectivity index (χ1v) is 7.09. The van der Waals surface area contributed by atoms with Crippen LogP contribution in [-0.2, 0) is 9.53 Å². The lowest BCUT2D eigenvalue weighted by Gasteiger charge is -2.58. The molecule has 0 unspecified atom stereocenters. The summed E-state index contributed by atoms with van der Waals surface area (Å²) in [6.45, 7) is 8.55. The molecule has 0 aliphatic heterocycles. The van der Waals surface area contributed by atoms with E-state index in [9.17, 15) is 9.90 Å². The highest BCUT2D eigenvalue weighted by Crippen LogP contribution is 2.59. The first-order chi connectivity index (χ1) is 8.32. The average molecular weight is 254 g/mol. The van der Waals surface area contributed by atoms with Crippen molar-refractivity contribution in [2.45, 2.75) is 46.6 Å². The molecule has 0 aromatic carbocycles. The van der Waals surface area contributed by atoms with E-state index in [4.69, 9.17) is 4.74 Å². The molecule has 0 heterocycles. The Morgan fingerprint density at radius 2 is 2.06 bits per heavy atom. The molecule has 3 aliphatic rings. The third-order valence-corrected chi connectivity index (χ3v) is 5.67. The second kappa shape index (κ2) is 4.52. The molecular formula is C15H26O3. The van der Waals surface area contributed by atoms with Crippen molar-refractivity contribution in [3.63, 3.8) is 0 Å². The third kappa shape index (κ3) is 1.78. The zero-order chi connectivity index (χ0) is 13.7. The summed E-state index contributed by atoms with van der Waals surface area (Å²) in [5, 5.41) is 10.4. The minimum Gasteiger partial charge on any atom is -0.469 e. The van der Waals surface area contributed by atoms with Crippen molar-refractivity contribution in [1.82, 2.24) is 0 Å². The van der Waals surface area contributed by atoms with Gasteiger partial charge in [0.05, 0.1) is 18.6 Å². The number of hydrogen-bond acceptors (Lipinski definition) is 3. The summed E-state index contributed by atoms with van der Waals surface area (Å²) in [4.78, 5) is 12.1. The van der Waals surface area contributed by atoms with Gasteiger partial charge in [-0.25, -0.2) is 0 Å². The van der Waals surface area contributed by atoms with E-state index < -0.39 is 5.41 Å². The van der Waals surface area contributed by atoms with Crippen LogP contribution in [-0.4, -0.2) is 24.3 Å². The monoisotopic (exact) mass is 254 g/mol. The molecule has 2 bridgehead atoms. The van der Waals surface area contributed by atoms with E-state index in [1.54, 1.807) is 0 Å². The van der Waals surface area contributed by atoms with Gasteiger partial charge in [-0.05, 0) is 49.4 Å². The number of fused-ring (bicyclic) bond motifs is 3. The van der Waals surface area contributed by atoms with E-state index in [0.717, 1.165) is 12.8 Å². The standard InChI is InChI=1S/C15H26O3/c1-8(2)10-6-12-9(3)13(16)11(10)7-15(12,4)14(17)18-5/h8-13,16H,6-7H2,1-5H3/t9-,10-,11-,12+,13-,15+/m0/s1. The van der Waals surface area contributed by atoms with Crippen LogP contribution in [0.5, 0.6) is 0 Å². The van der Waals surface area contributed by atoms with Crippen molar-refractivity contribution in [3.8, 4) is 0 Å². The molecule has 104 valence electrons. The van der Waals surface area contributed by atoms with E-state index in [2.05, 4.69) is 20.8 Å². The van der Waals surface area contributed by atoms with E-state index in [-0.39, 0.29) is 29.8 Å². The highest BCUT2D eigenvalue weighted by molar-refractivity contribution is 5.77. The highest BCUT2D eigenvalue weighted by Gasteiger charge is 2.59. The average Bonchev–Trinajstić information content (AvgIpc) is 2.33. The number of aliphatic hydroxyl groups is 1. The van der Waals surface area contributed by atoms with Gasteiger partial charge in [-0.15, -0.1) is 0 Å². The SMILES string of the molecule is COC(=O)[C@]1(C)C[C@@H]2[C@@H](O)[C@@H](C)[C@H]1C[C@H]2C(C)C. The zero-order valence-electron chi connectivity index (χ0n) is 12.1. The highest BCUT2D eigenvalue weighted by atomic mass is 16.5. The molecule has 0 aromatic heterocycles. The second-order valence-electron chi connectivity index (χ2n) is 6.88. The first kappa shape index (κ1) is 13.9. The summed E-state index contributed by atoms with van der Waals surface area (Å²) in [6.07, 6.45) is 1.57. The fourth-order valence-corrected chi connectivity index (χ4v) is 4.55. The van der Waals surface area contributed by atoms with E-state index in [1.807, 2.05) is 6.92 Å². The Balaban J connectivity index is 2.32. The molecule has 3 fully saturated rings. The summed E-state index contributed by atoms with van der Waals surface area (Å²) < 4.78 is 5.00. The Labute approximate surface area is 110 Å². The van der Waals surface area contributed by atoms with Crippen molar-refractivity contribution in [2.75, 3.05) is 7.11 Å².